The number of carbonyl (C=O) groups excluding carboxylic acids is 1. The van der Waals surface area contributed by atoms with E-state index < -0.39 is 0 Å². The van der Waals surface area contributed by atoms with Crippen molar-refractivity contribution in [3.8, 4) is 10.6 Å². The molecule has 108 valence electrons. The van der Waals surface area contributed by atoms with Crippen LogP contribution in [0.5, 0.6) is 0 Å². The van der Waals surface area contributed by atoms with Crippen molar-refractivity contribution in [2.45, 2.75) is 32.9 Å². The Hall–Kier alpha value is -1.66. The Bertz CT molecular complexity index is 533. The fourth-order valence-electron chi connectivity index (χ4n) is 1.90. The van der Waals surface area contributed by atoms with Crippen LogP contribution in [-0.4, -0.2) is 28.7 Å². The number of thiophene rings is 1. The quantitative estimate of drug-likeness (QED) is 0.685. The van der Waals surface area contributed by atoms with E-state index in [0.717, 1.165) is 11.3 Å². The van der Waals surface area contributed by atoms with Crippen LogP contribution in [0.3, 0.4) is 0 Å². The van der Waals surface area contributed by atoms with Crippen LogP contribution in [0.25, 0.3) is 10.6 Å². The summed E-state index contributed by atoms with van der Waals surface area (Å²) in [7, 11) is 0. The average Bonchev–Trinajstić information content (AvgIpc) is 3.04. The number of nitrogens with zero attached hydrogens (tertiary/aromatic N) is 1. The standard InChI is InChI=1S/C14H20N4OS/c1-10(2)17-13(19)5-6-15-8-11-9-16-18-14(11)12-4-3-7-20-12/h3-4,7,9-10,15H,5-6,8H2,1-2H3,(H,16,18)(H,17,19). The van der Waals surface area contributed by atoms with Gasteiger partial charge in [0, 0.05) is 31.1 Å². The van der Waals surface area contributed by atoms with E-state index >= 15 is 0 Å². The lowest BCUT2D eigenvalue weighted by molar-refractivity contribution is -0.121. The molecule has 0 aliphatic rings. The largest absolute Gasteiger partial charge is 0.354 e. The molecule has 3 N–H and O–H groups in total. The molecule has 0 saturated carbocycles. The molecule has 0 aromatic carbocycles. The fourth-order valence-corrected chi connectivity index (χ4v) is 2.65. The van der Waals surface area contributed by atoms with E-state index in [9.17, 15) is 4.79 Å². The maximum atomic E-state index is 11.5. The number of aromatic nitrogens is 2. The summed E-state index contributed by atoms with van der Waals surface area (Å²) in [5, 5.41) is 15.3. The second-order valence-corrected chi connectivity index (χ2v) is 5.84. The molecule has 2 rings (SSSR count). The van der Waals surface area contributed by atoms with Crippen LogP contribution in [0.2, 0.25) is 0 Å². The van der Waals surface area contributed by atoms with Crippen molar-refractivity contribution in [1.29, 1.82) is 0 Å². The first-order valence-corrected chi connectivity index (χ1v) is 7.61. The SMILES string of the molecule is CC(C)NC(=O)CCNCc1cn[nH]c1-c1cccs1. The highest BCUT2D eigenvalue weighted by Crippen LogP contribution is 2.25. The van der Waals surface area contributed by atoms with Crippen LogP contribution >= 0.6 is 11.3 Å². The predicted octanol–water partition coefficient (Wildman–Crippen LogP) is 2.14. The van der Waals surface area contributed by atoms with Gasteiger partial charge in [0.15, 0.2) is 0 Å². The molecule has 0 spiro atoms. The summed E-state index contributed by atoms with van der Waals surface area (Å²) in [6, 6.07) is 4.29. The lowest BCUT2D eigenvalue weighted by Gasteiger charge is -2.08. The third kappa shape index (κ3) is 4.18. The van der Waals surface area contributed by atoms with E-state index in [0.29, 0.717) is 19.5 Å². The van der Waals surface area contributed by atoms with Crippen LogP contribution < -0.4 is 10.6 Å². The average molecular weight is 292 g/mol. The van der Waals surface area contributed by atoms with Gasteiger partial charge in [0.25, 0.3) is 0 Å². The zero-order valence-corrected chi connectivity index (χ0v) is 12.6. The van der Waals surface area contributed by atoms with Gasteiger partial charge in [0.2, 0.25) is 5.91 Å². The van der Waals surface area contributed by atoms with Gasteiger partial charge in [-0.15, -0.1) is 11.3 Å². The van der Waals surface area contributed by atoms with E-state index in [-0.39, 0.29) is 11.9 Å². The van der Waals surface area contributed by atoms with Crippen molar-refractivity contribution in [1.82, 2.24) is 20.8 Å². The van der Waals surface area contributed by atoms with E-state index in [4.69, 9.17) is 0 Å². The second kappa shape index (κ2) is 7.21. The maximum absolute atomic E-state index is 11.5. The number of H-pyrrole nitrogens is 1. The highest BCUT2D eigenvalue weighted by Gasteiger charge is 2.08. The molecule has 1 amide bonds. The predicted molar refractivity (Wildman–Crippen MR) is 81.5 cm³/mol. The van der Waals surface area contributed by atoms with Crippen molar-refractivity contribution in [2.24, 2.45) is 0 Å². The number of hydrogen-bond acceptors (Lipinski definition) is 4. The van der Waals surface area contributed by atoms with Gasteiger partial charge in [-0.1, -0.05) is 6.07 Å². The van der Waals surface area contributed by atoms with E-state index in [1.165, 1.54) is 4.88 Å². The minimum absolute atomic E-state index is 0.0816. The Morgan fingerprint density at radius 1 is 1.50 bits per heavy atom. The van der Waals surface area contributed by atoms with E-state index in [1.54, 1.807) is 11.3 Å². The van der Waals surface area contributed by atoms with Crippen LogP contribution in [0.1, 0.15) is 25.8 Å². The van der Waals surface area contributed by atoms with Crippen molar-refractivity contribution >= 4 is 17.2 Å². The lowest BCUT2D eigenvalue weighted by Crippen LogP contribution is -2.32. The van der Waals surface area contributed by atoms with Gasteiger partial charge in [-0.05, 0) is 25.3 Å². The highest BCUT2D eigenvalue weighted by molar-refractivity contribution is 7.13. The zero-order valence-electron chi connectivity index (χ0n) is 11.8. The normalized spacial score (nSPS) is 10.9. The summed E-state index contributed by atoms with van der Waals surface area (Å²) in [5.41, 5.74) is 2.18. The molecule has 20 heavy (non-hydrogen) atoms. The van der Waals surface area contributed by atoms with Gasteiger partial charge in [0.05, 0.1) is 16.8 Å². The van der Waals surface area contributed by atoms with Crippen molar-refractivity contribution < 1.29 is 4.79 Å². The number of aromatic amines is 1. The first kappa shape index (κ1) is 14.7. The van der Waals surface area contributed by atoms with Crippen molar-refractivity contribution in [2.75, 3.05) is 6.54 Å². The topological polar surface area (TPSA) is 69.8 Å². The van der Waals surface area contributed by atoms with Gasteiger partial charge >= 0.3 is 0 Å². The lowest BCUT2D eigenvalue weighted by atomic mass is 10.2. The molecule has 5 nitrogen and oxygen atoms in total. The first-order chi connectivity index (χ1) is 9.66. The van der Waals surface area contributed by atoms with E-state index in [1.807, 2.05) is 31.5 Å². The van der Waals surface area contributed by atoms with Crippen LogP contribution in [0.15, 0.2) is 23.7 Å². The molecule has 0 radical (unpaired) electrons. The molecule has 0 unspecified atom stereocenters. The summed E-state index contributed by atoms with van der Waals surface area (Å²) < 4.78 is 0. The van der Waals surface area contributed by atoms with Crippen LogP contribution in [0.4, 0.5) is 0 Å². The molecule has 2 aromatic heterocycles. The molecular weight excluding hydrogens is 272 g/mol. The summed E-state index contributed by atoms with van der Waals surface area (Å²) in [4.78, 5) is 12.7. The maximum Gasteiger partial charge on any atom is 0.221 e. The van der Waals surface area contributed by atoms with Crippen LogP contribution in [0, 0.1) is 0 Å². The summed E-state index contributed by atoms with van der Waals surface area (Å²) in [6.45, 7) is 5.29. The number of carbonyl (C=O) groups is 1. The van der Waals surface area contributed by atoms with Gasteiger partial charge in [-0.25, -0.2) is 0 Å². The zero-order chi connectivity index (χ0) is 14.4. The summed E-state index contributed by atoms with van der Waals surface area (Å²) in [6.07, 6.45) is 2.32. The molecule has 0 aliphatic carbocycles. The van der Waals surface area contributed by atoms with Gasteiger partial charge in [-0.2, -0.15) is 5.10 Å². The molecule has 0 fully saturated rings. The third-order valence-electron chi connectivity index (χ3n) is 2.78. The number of amides is 1. The number of rotatable bonds is 7. The smallest absolute Gasteiger partial charge is 0.221 e. The van der Waals surface area contributed by atoms with Crippen molar-refractivity contribution in [3.05, 3.63) is 29.3 Å². The Kier molecular flexibility index (Phi) is 5.31. The molecule has 2 heterocycles. The van der Waals surface area contributed by atoms with E-state index in [2.05, 4.69) is 26.9 Å². The molecule has 0 aliphatic heterocycles. The third-order valence-corrected chi connectivity index (χ3v) is 3.67. The monoisotopic (exact) mass is 292 g/mol. The second-order valence-electron chi connectivity index (χ2n) is 4.90. The molecular formula is C14H20N4OS. The Morgan fingerprint density at radius 3 is 3.05 bits per heavy atom. The molecule has 0 atom stereocenters. The summed E-state index contributed by atoms with van der Waals surface area (Å²) in [5.74, 6) is 0.0816. The molecule has 6 heteroatoms. The minimum Gasteiger partial charge on any atom is -0.354 e. The minimum atomic E-state index is 0.0816. The first-order valence-electron chi connectivity index (χ1n) is 6.73. The van der Waals surface area contributed by atoms with Crippen LogP contribution in [-0.2, 0) is 11.3 Å². The molecule has 0 saturated heterocycles. The number of nitrogens with one attached hydrogen (secondary N) is 3. The highest BCUT2D eigenvalue weighted by atomic mass is 32.1. The van der Waals surface area contributed by atoms with Gasteiger partial charge in [0.1, 0.15) is 0 Å². The molecule has 0 bridgehead atoms. The summed E-state index contributed by atoms with van der Waals surface area (Å²) >= 11 is 1.68. The van der Waals surface area contributed by atoms with Gasteiger partial charge < -0.3 is 10.6 Å². The van der Waals surface area contributed by atoms with Gasteiger partial charge in [-0.3, -0.25) is 9.89 Å². The fraction of sp³-hybridized carbons (Fsp3) is 0.429. The Labute approximate surface area is 122 Å². The number of hydrogen-bond donors (Lipinski definition) is 3. The van der Waals surface area contributed by atoms with Crippen molar-refractivity contribution in [3.63, 3.8) is 0 Å². The molecule has 2 aromatic rings. The Balaban J connectivity index is 1.78. The Morgan fingerprint density at radius 2 is 2.35 bits per heavy atom.